The fraction of sp³-hybridized carbons (Fsp3) is 0.231. The van der Waals surface area contributed by atoms with Crippen molar-refractivity contribution in [3.63, 3.8) is 0 Å². The molecule has 1 aromatic heterocycles. The van der Waals surface area contributed by atoms with E-state index in [0.717, 1.165) is 36.1 Å². The first-order valence-electron chi connectivity index (χ1n) is 10.8. The number of unbranched alkanes of at least 4 members (excludes halogenated alkanes) is 2. The highest BCUT2D eigenvalue weighted by atomic mass is 16.5. The van der Waals surface area contributed by atoms with Crippen LogP contribution in [0.25, 0.3) is 0 Å². The van der Waals surface area contributed by atoms with Gasteiger partial charge in [-0.15, -0.1) is 0 Å². The number of allylic oxidation sites excluding steroid dienone is 1. The van der Waals surface area contributed by atoms with Crippen LogP contribution in [0.3, 0.4) is 0 Å². The van der Waals surface area contributed by atoms with Gasteiger partial charge in [0.1, 0.15) is 28.9 Å². The van der Waals surface area contributed by atoms with Gasteiger partial charge in [-0.2, -0.15) is 5.26 Å². The summed E-state index contributed by atoms with van der Waals surface area (Å²) >= 11 is 0. The Balaban J connectivity index is 1.58. The van der Waals surface area contributed by atoms with Crippen molar-refractivity contribution in [2.24, 2.45) is 5.73 Å². The molecule has 168 valence electrons. The summed E-state index contributed by atoms with van der Waals surface area (Å²) in [4.78, 5) is 12.2. The molecule has 1 aliphatic heterocycles. The number of benzene rings is 2. The van der Waals surface area contributed by atoms with E-state index < -0.39 is 11.9 Å². The Bertz CT molecular complexity index is 1190. The number of hydrogen-bond acceptors (Lipinski definition) is 7. The van der Waals surface area contributed by atoms with Gasteiger partial charge in [0.05, 0.1) is 18.8 Å². The summed E-state index contributed by atoms with van der Waals surface area (Å²) in [5.74, 6) is 0.543. The van der Waals surface area contributed by atoms with Crippen LogP contribution in [-0.2, 0) is 0 Å². The van der Waals surface area contributed by atoms with Gasteiger partial charge >= 0.3 is 5.97 Å². The van der Waals surface area contributed by atoms with Crippen LogP contribution in [0.4, 0.5) is 0 Å². The molecule has 2 heterocycles. The summed E-state index contributed by atoms with van der Waals surface area (Å²) in [7, 11) is 0. The van der Waals surface area contributed by atoms with Gasteiger partial charge in [0.15, 0.2) is 0 Å². The maximum absolute atomic E-state index is 12.2. The Hall–Kier alpha value is -4.18. The number of nitrogens with zero attached hydrogens (tertiary/aromatic N) is 1. The molecule has 0 fully saturated rings. The van der Waals surface area contributed by atoms with Crippen LogP contribution >= 0.6 is 0 Å². The van der Waals surface area contributed by atoms with E-state index in [-0.39, 0.29) is 17.4 Å². The van der Waals surface area contributed by atoms with Gasteiger partial charge in [0.2, 0.25) is 11.6 Å². The van der Waals surface area contributed by atoms with E-state index in [0.29, 0.717) is 17.9 Å². The summed E-state index contributed by atoms with van der Waals surface area (Å²) in [5.41, 5.74) is 8.01. The quantitative estimate of drug-likeness (QED) is 0.286. The van der Waals surface area contributed by atoms with Gasteiger partial charge in [0.25, 0.3) is 0 Å². The summed E-state index contributed by atoms with van der Waals surface area (Å²) in [6.07, 6.45) is 4.68. The molecule has 0 saturated carbocycles. The van der Waals surface area contributed by atoms with E-state index in [2.05, 4.69) is 13.0 Å². The molecule has 7 nitrogen and oxygen atoms in total. The van der Waals surface area contributed by atoms with Gasteiger partial charge in [0, 0.05) is 11.6 Å². The van der Waals surface area contributed by atoms with Crippen molar-refractivity contribution in [2.45, 2.75) is 32.1 Å². The molecule has 0 amide bonds. The molecule has 3 aromatic rings. The van der Waals surface area contributed by atoms with Gasteiger partial charge in [-0.05, 0) is 42.3 Å². The first-order chi connectivity index (χ1) is 16.1. The Kier molecular flexibility index (Phi) is 6.65. The summed E-state index contributed by atoms with van der Waals surface area (Å²) in [6.45, 7) is 2.82. The van der Waals surface area contributed by atoms with Gasteiger partial charge in [-0.3, -0.25) is 0 Å². The van der Waals surface area contributed by atoms with Crippen LogP contribution in [0.5, 0.6) is 17.2 Å². The van der Waals surface area contributed by atoms with Crippen LogP contribution in [-0.4, -0.2) is 12.6 Å². The molecule has 33 heavy (non-hydrogen) atoms. The van der Waals surface area contributed by atoms with Crippen molar-refractivity contribution in [3.05, 3.63) is 89.2 Å². The predicted molar refractivity (Wildman–Crippen MR) is 121 cm³/mol. The zero-order valence-electron chi connectivity index (χ0n) is 18.2. The molecule has 7 heteroatoms. The Morgan fingerprint density at radius 1 is 1.12 bits per heavy atom. The van der Waals surface area contributed by atoms with E-state index in [4.69, 9.17) is 24.4 Å². The lowest BCUT2D eigenvalue weighted by atomic mass is 9.83. The highest BCUT2D eigenvalue weighted by molar-refractivity contribution is 5.88. The molecule has 1 atom stereocenters. The van der Waals surface area contributed by atoms with Crippen molar-refractivity contribution in [2.75, 3.05) is 6.61 Å². The van der Waals surface area contributed by atoms with E-state index in [1.165, 1.54) is 12.3 Å². The molecule has 0 saturated heterocycles. The SMILES string of the molecule is CCCCCOc1ccc(C2C(C#N)=C(N)Oc3cc(OC(=O)c4ccco4)ccc32)cc1. The highest BCUT2D eigenvalue weighted by Gasteiger charge is 2.31. The summed E-state index contributed by atoms with van der Waals surface area (Å²) in [6, 6.07) is 17.9. The molecule has 2 aromatic carbocycles. The number of hydrogen-bond donors (Lipinski definition) is 1. The molecule has 0 radical (unpaired) electrons. The van der Waals surface area contributed by atoms with Crippen LogP contribution < -0.4 is 19.9 Å². The number of fused-ring (bicyclic) bond motifs is 1. The Labute approximate surface area is 192 Å². The third kappa shape index (κ3) is 4.85. The van der Waals surface area contributed by atoms with Gasteiger partial charge in [-0.25, -0.2) is 4.79 Å². The molecular formula is C26H24N2O5. The number of ether oxygens (including phenoxy) is 3. The Morgan fingerprint density at radius 2 is 1.91 bits per heavy atom. The first kappa shape index (κ1) is 22.0. The topological polar surface area (TPSA) is 108 Å². The average Bonchev–Trinajstić information content (AvgIpc) is 3.37. The molecule has 2 N–H and O–H groups in total. The summed E-state index contributed by atoms with van der Waals surface area (Å²) in [5, 5.41) is 9.75. The lowest BCUT2D eigenvalue weighted by Crippen LogP contribution is -2.21. The third-order valence-electron chi connectivity index (χ3n) is 5.35. The van der Waals surface area contributed by atoms with E-state index in [1.54, 1.807) is 24.3 Å². The normalized spacial score (nSPS) is 14.7. The zero-order valence-corrected chi connectivity index (χ0v) is 18.2. The number of carbonyl (C=O) groups excluding carboxylic acids is 1. The fourth-order valence-corrected chi connectivity index (χ4v) is 3.69. The number of rotatable bonds is 8. The highest BCUT2D eigenvalue weighted by Crippen LogP contribution is 2.43. The van der Waals surface area contributed by atoms with Gasteiger partial charge < -0.3 is 24.4 Å². The predicted octanol–water partition coefficient (Wildman–Crippen LogP) is 5.29. The smallest absolute Gasteiger partial charge is 0.379 e. The lowest BCUT2D eigenvalue weighted by Gasteiger charge is -2.26. The minimum absolute atomic E-state index is 0.0180. The number of nitrogens with two attached hydrogens (primary N) is 1. The molecule has 0 bridgehead atoms. The fourth-order valence-electron chi connectivity index (χ4n) is 3.69. The van der Waals surface area contributed by atoms with Crippen LogP contribution in [0.1, 0.15) is 53.8 Å². The number of esters is 1. The van der Waals surface area contributed by atoms with Crippen molar-refractivity contribution in [1.82, 2.24) is 0 Å². The van der Waals surface area contributed by atoms with Crippen LogP contribution in [0, 0.1) is 11.3 Å². The monoisotopic (exact) mass is 444 g/mol. The van der Waals surface area contributed by atoms with E-state index in [1.807, 2.05) is 24.3 Å². The van der Waals surface area contributed by atoms with Crippen molar-refractivity contribution in [1.29, 1.82) is 5.26 Å². The summed E-state index contributed by atoms with van der Waals surface area (Å²) < 4.78 is 21.9. The van der Waals surface area contributed by atoms with Crippen LogP contribution in [0.2, 0.25) is 0 Å². The van der Waals surface area contributed by atoms with Crippen molar-refractivity contribution < 1.29 is 23.4 Å². The maximum Gasteiger partial charge on any atom is 0.379 e. The number of carbonyl (C=O) groups is 1. The first-order valence-corrected chi connectivity index (χ1v) is 10.8. The second-order valence-electron chi connectivity index (χ2n) is 7.62. The van der Waals surface area contributed by atoms with Crippen molar-refractivity contribution >= 4 is 5.97 Å². The number of furan rings is 1. The minimum atomic E-state index is -0.622. The van der Waals surface area contributed by atoms with E-state index in [9.17, 15) is 10.1 Å². The van der Waals surface area contributed by atoms with Gasteiger partial charge in [-0.1, -0.05) is 38.0 Å². The molecule has 1 aliphatic rings. The molecule has 1 unspecified atom stereocenters. The second-order valence-corrected chi connectivity index (χ2v) is 7.62. The minimum Gasteiger partial charge on any atom is -0.494 e. The molecular weight excluding hydrogens is 420 g/mol. The average molecular weight is 444 g/mol. The Morgan fingerprint density at radius 3 is 2.61 bits per heavy atom. The maximum atomic E-state index is 12.2. The molecule has 4 rings (SSSR count). The standard InChI is InChI=1S/C26H24N2O5/c1-2-3-4-13-30-18-9-7-17(8-10-18)24-20-12-11-19(32-26(29)22-6-5-14-31-22)15-23(20)33-25(28)21(24)16-27/h5-12,14-15,24H,2-4,13,28H2,1H3. The molecule has 0 aliphatic carbocycles. The third-order valence-corrected chi connectivity index (χ3v) is 5.35. The van der Waals surface area contributed by atoms with Crippen molar-refractivity contribution in [3.8, 4) is 23.3 Å². The largest absolute Gasteiger partial charge is 0.494 e. The lowest BCUT2D eigenvalue weighted by molar-refractivity contribution is 0.0701. The zero-order chi connectivity index (χ0) is 23.2. The molecule has 0 spiro atoms. The van der Waals surface area contributed by atoms with E-state index >= 15 is 0 Å². The second kappa shape index (κ2) is 9.96. The van der Waals surface area contributed by atoms with Crippen LogP contribution in [0.15, 0.2) is 76.7 Å². The number of nitriles is 1.